The Morgan fingerprint density at radius 1 is 1.30 bits per heavy atom. The molecule has 23 heavy (non-hydrogen) atoms. The second-order valence-electron chi connectivity index (χ2n) is 5.51. The molecular weight excluding hydrogens is 302 g/mol. The van der Waals surface area contributed by atoms with Crippen LogP contribution in [0.1, 0.15) is 12.1 Å². The number of aromatic amines is 1. The first-order valence-electron chi connectivity index (χ1n) is 7.14. The average molecular weight is 317 g/mol. The van der Waals surface area contributed by atoms with Crippen molar-refractivity contribution >= 4 is 22.6 Å². The largest absolute Gasteiger partial charge is 0.480 e. The number of aromatic nitrogens is 2. The molecule has 0 radical (unpaired) electrons. The maximum atomic E-state index is 12.4. The molecule has 0 spiro atoms. The Balaban J connectivity index is 1.90. The molecule has 2 unspecified atom stereocenters. The molecule has 3 rings (SSSR count). The lowest BCUT2D eigenvalue weighted by Gasteiger charge is -2.21. The molecule has 2 heterocycles. The van der Waals surface area contributed by atoms with E-state index >= 15 is 0 Å². The maximum absolute atomic E-state index is 12.4. The van der Waals surface area contributed by atoms with E-state index in [-0.39, 0.29) is 24.9 Å². The van der Waals surface area contributed by atoms with Crippen LogP contribution in [0, 0.1) is 0 Å². The van der Waals surface area contributed by atoms with Crippen molar-refractivity contribution in [1.29, 1.82) is 0 Å². The standard InChI is InChI=1S/C15H15N3O5/c19-8-5-12(15(22)23)18(7-8)13(20)6-11-9-3-1-2-4-10(9)14(21)17-16-11/h1-4,8,12,19H,5-7H2,(H,17,21)(H,22,23). The number of aliphatic hydroxyl groups excluding tert-OH is 1. The summed E-state index contributed by atoms with van der Waals surface area (Å²) in [5.41, 5.74) is 0.0209. The highest BCUT2D eigenvalue weighted by atomic mass is 16.4. The molecule has 0 bridgehead atoms. The fraction of sp³-hybridized carbons (Fsp3) is 0.333. The molecule has 120 valence electrons. The number of carboxylic acid groups (broad SMARTS) is 1. The third kappa shape index (κ3) is 2.80. The van der Waals surface area contributed by atoms with Gasteiger partial charge in [0.25, 0.3) is 5.56 Å². The molecule has 1 aliphatic heterocycles. The number of benzene rings is 1. The second-order valence-corrected chi connectivity index (χ2v) is 5.51. The summed E-state index contributed by atoms with van der Waals surface area (Å²) in [5.74, 6) is -1.59. The van der Waals surface area contributed by atoms with Gasteiger partial charge in [0, 0.05) is 18.4 Å². The first-order chi connectivity index (χ1) is 11.0. The number of fused-ring (bicyclic) bond motifs is 1. The van der Waals surface area contributed by atoms with E-state index in [4.69, 9.17) is 5.11 Å². The summed E-state index contributed by atoms with van der Waals surface area (Å²) in [6, 6.07) is 5.72. The molecule has 3 N–H and O–H groups in total. The fourth-order valence-corrected chi connectivity index (χ4v) is 2.87. The lowest BCUT2D eigenvalue weighted by Crippen LogP contribution is -2.41. The van der Waals surface area contributed by atoms with Crippen molar-refractivity contribution in [3.63, 3.8) is 0 Å². The van der Waals surface area contributed by atoms with Crippen LogP contribution < -0.4 is 5.56 Å². The van der Waals surface area contributed by atoms with Gasteiger partial charge in [-0.05, 0) is 6.07 Å². The number of aliphatic hydroxyl groups is 1. The minimum atomic E-state index is -1.14. The van der Waals surface area contributed by atoms with Crippen LogP contribution in [0.25, 0.3) is 10.8 Å². The van der Waals surface area contributed by atoms with Crippen LogP contribution in [-0.2, 0) is 16.0 Å². The summed E-state index contributed by atoms with van der Waals surface area (Å²) >= 11 is 0. The number of carbonyl (C=O) groups excluding carboxylic acids is 1. The first-order valence-corrected chi connectivity index (χ1v) is 7.14. The molecule has 1 fully saturated rings. The summed E-state index contributed by atoms with van der Waals surface area (Å²) in [6.07, 6.45) is -0.977. The summed E-state index contributed by atoms with van der Waals surface area (Å²) in [7, 11) is 0. The smallest absolute Gasteiger partial charge is 0.326 e. The van der Waals surface area contributed by atoms with Crippen molar-refractivity contribution in [3.8, 4) is 0 Å². The van der Waals surface area contributed by atoms with E-state index in [2.05, 4.69) is 10.2 Å². The topological polar surface area (TPSA) is 124 Å². The molecule has 1 saturated heterocycles. The number of hydrogen-bond donors (Lipinski definition) is 3. The zero-order chi connectivity index (χ0) is 16.6. The minimum absolute atomic E-state index is 0.0148. The van der Waals surface area contributed by atoms with Crippen LogP contribution in [0.3, 0.4) is 0 Å². The van der Waals surface area contributed by atoms with Gasteiger partial charge in [0.1, 0.15) is 6.04 Å². The first kappa shape index (κ1) is 15.2. The number of amides is 1. The molecule has 2 aromatic rings. The number of aliphatic carboxylic acids is 1. The van der Waals surface area contributed by atoms with E-state index < -0.39 is 24.0 Å². The van der Waals surface area contributed by atoms with Gasteiger partial charge in [-0.2, -0.15) is 5.10 Å². The maximum Gasteiger partial charge on any atom is 0.326 e. The lowest BCUT2D eigenvalue weighted by atomic mass is 10.1. The van der Waals surface area contributed by atoms with E-state index in [1.165, 1.54) is 0 Å². The van der Waals surface area contributed by atoms with Crippen molar-refractivity contribution in [2.24, 2.45) is 0 Å². The summed E-state index contributed by atoms with van der Waals surface area (Å²) in [6.45, 7) is -0.0168. The highest BCUT2D eigenvalue weighted by Crippen LogP contribution is 2.20. The van der Waals surface area contributed by atoms with Crippen molar-refractivity contribution < 1.29 is 19.8 Å². The Hall–Kier alpha value is -2.74. The fourth-order valence-electron chi connectivity index (χ4n) is 2.87. The Kier molecular flexibility index (Phi) is 3.83. The SMILES string of the molecule is O=C(O)C1CC(O)CN1C(=O)Cc1n[nH]c(=O)c2ccccc12. The van der Waals surface area contributed by atoms with E-state index in [0.717, 1.165) is 4.90 Å². The predicted octanol–water partition coefficient (Wildman–Crippen LogP) is -0.488. The number of hydrogen-bond acceptors (Lipinski definition) is 5. The number of nitrogens with one attached hydrogen (secondary N) is 1. The number of H-pyrrole nitrogens is 1. The van der Waals surface area contributed by atoms with Gasteiger partial charge in [-0.3, -0.25) is 9.59 Å². The number of β-amino-alcohol motifs (C(OH)–C–C–N with tert-alkyl or cyclic N) is 1. The molecule has 1 amide bonds. The van der Waals surface area contributed by atoms with Gasteiger partial charge in [0.05, 0.1) is 23.6 Å². The molecule has 1 aromatic heterocycles. The Bertz CT molecular complexity index is 831. The molecule has 2 atom stereocenters. The van der Waals surface area contributed by atoms with Crippen LogP contribution in [-0.4, -0.2) is 55.9 Å². The van der Waals surface area contributed by atoms with Crippen molar-refractivity contribution in [3.05, 3.63) is 40.3 Å². The van der Waals surface area contributed by atoms with Gasteiger partial charge in [-0.1, -0.05) is 18.2 Å². The van der Waals surface area contributed by atoms with Crippen molar-refractivity contribution in [2.45, 2.75) is 25.0 Å². The number of likely N-dealkylation sites (tertiary alicyclic amines) is 1. The molecule has 8 heteroatoms. The van der Waals surface area contributed by atoms with Gasteiger partial charge in [0.2, 0.25) is 5.91 Å². The van der Waals surface area contributed by atoms with Gasteiger partial charge >= 0.3 is 5.97 Å². The van der Waals surface area contributed by atoms with E-state index in [0.29, 0.717) is 16.5 Å². The third-order valence-electron chi connectivity index (χ3n) is 3.98. The second kappa shape index (κ2) is 5.81. The normalized spacial score (nSPS) is 20.8. The highest BCUT2D eigenvalue weighted by Gasteiger charge is 2.38. The number of rotatable bonds is 3. The van der Waals surface area contributed by atoms with Gasteiger partial charge in [0.15, 0.2) is 0 Å². The quantitative estimate of drug-likeness (QED) is 0.702. The minimum Gasteiger partial charge on any atom is -0.480 e. The molecule has 1 aromatic carbocycles. The van der Waals surface area contributed by atoms with E-state index in [1.807, 2.05) is 0 Å². The Morgan fingerprint density at radius 3 is 2.70 bits per heavy atom. The molecule has 1 aliphatic rings. The molecule has 0 saturated carbocycles. The van der Waals surface area contributed by atoms with Crippen molar-refractivity contribution in [1.82, 2.24) is 15.1 Å². The van der Waals surface area contributed by atoms with Crippen LogP contribution in [0.2, 0.25) is 0 Å². The zero-order valence-electron chi connectivity index (χ0n) is 12.1. The molecule has 8 nitrogen and oxygen atoms in total. The number of carboxylic acids is 1. The lowest BCUT2D eigenvalue weighted by molar-refractivity contribution is -0.148. The zero-order valence-corrected chi connectivity index (χ0v) is 12.1. The Morgan fingerprint density at radius 2 is 2.00 bits per heavy atom. The van der Waals surface area contributed by atoms with Crippen LogP contribution in [0.15, 0.2) is 29.1 Å². The number of nitrogens with zero attached hydrogens (tertiary/aromatic N) is 2. The highest BCUT2D eigenvalue weighted by molar-refractivity contribution is 5.90. The van der Waals surface area contributed by atoms with Crippen LogP contribution in [0.5, 0.6) is 0 Å². The average Bonchev–Trinajstić information content (AvgIpc) is 2.93. The van der Waals surface area contributed by atoms with Gasteiger partial charge < -0.3 is 15.1 Å². The Labute approximate surface area is 130 Å². The van der Waals surface area contributed by atoms with E-state index in [9.17, 15) is 19.5 Å². The predicted molar refractivity (Wildman–Crippen MR) is 79.8 cm³/mol. The van der Waals surface area contributed by atoms with Crippen LogP contribution >= 0.6 is 0 Å². The summed E-state index contributed by atoms with van der Waals surface area (Å²) < 4.78 is 0. The number of carbonyl (C=O) groups is 2. The van der Waals surface area contributed by atoms with Crippen molar-refractivity contribution in [2.75, 3.05) is 6.54 Å². The van der Waals surface area contributed by atoms with Gasteiger partial charge in [-0.25, -0.2) is 9.89 Å². The van der Waals surface area contributed by atoms with Crippen LogP contribution in [0.4, 0.5) is 0 Å². The van der Waals surface area contributed by atoms with Gasteiger partial charge in [-0.15, -0.1) is 0 Å². The summed E-state index contributed by atoms with van der Waals surface area (Å²) in [4.78, 5) is 36.5. The molecule has 0 aliphatic carbocycles. The summed E-state index contributed by atoms with van der Waals surface area (Å²) in [5, 5.41) is 26.0. The monoisotopic (exact) mass is 317 g/mol. The molecular formula is C15H15N3O5. The third-order valence-corrected chi connectivity index (χ3v) is 3.98. The van der Waals surface area contributed by atoms with E-state index in [1.54, 1.807) is 24.3 Å².